The molecule has 1 aromatic carbocycles. The number of carbonyl (C=O) groups is 2. The van der Waals surface area contributed by atoms with Crippen molar-refractivity contribution in [1.29, 1.82) is 0 Å². The summed E-state index contributed by atoms with van der Waals surface area (Å²) >= 11 is 0. The zero-order valence-electron chi connectivity index (χ0n) is 16.7. The summed E-state index contributed by atoms with van der Waals surface area (Å²) in [6.45, 7) is 4.02. The SMILES string of the molecule is CCCCCCCCCC(=O)n1c(C)c(CC(=O)O)c2c(OC)cccc21. The molecule has 148 valence electrons. The van der Waals surface area contributed by atoms with Gasteiger partial charge < -0.3 is 9.84 Å². The van der Waals surface area contributed by atoms with Gasteiger partial charge >= 0.3 is 5.97 Å². The second-order valence-electron chi connectivity index (χ2n) is 7.09. The summed E-state index contributed by atoms with van der Waals surface area (Å²) in [7, 11) is 1.56. The fourth-order valence-corrected chi connectivity index (χ4v) is 3.71. The lowest BCUT2D eigenvalue weighted by Crippen LogP contribution is -2.12. The molecule has 0 radical (unpaired) electrons. The molecule has 27 heavy (non-hydrogen) atoms. The largest absolute Gasteiger partial charge is 0.496 e. The minimum absolute atomic E-state index is 0.0240. The maximum absolute atomic E-state index is 12.9. The lowest BCUT2D eigenvalue weighted by Gasteiger charge is -2.08. The van der Waals surface area contributed by atoms with Gasteiger partial charge in [0.1, 0.15) is 5.75 Å². The van der Waals surface area contributed by atoms with Crippen molar-refractivity contribution in [3.63, 3.8) is 0 Å². The minimum atomic E-state index is -0.914. The highest BCUT2D eigenvalue weighted by atomic mass is 16.5. The Labute approximate surface area is 161 Å². The molecular weight excluding hydrogens is 342 g/mol. The molecule has 0 aliphatic heterocycles. The van der Waals surface area contributed by atoms with E-state index in [1.165, 1.54) is 25.7 Å². The fraction of sp³-hybridized carbons (Fsp3) is 0.545. The van der Waals surface area contributed by atoms with Gasteiger partial charge in [-0.3, -0.25) is 14.2 Å². The van der Waals surface area contributed by atoms with Crippen LogP contribution in [0.5, 0.6) is 5.75 Å². The number of nitrogens with zero attached hydrogens (tertiary/aromatic N) is 1. The average molecular weight is 373 g/mol. The van der Waals surface area contributed by atoms with Crippen molar-refractivity contribution in [2.45, 2.75) is 71.6 Å². The molecule has 0 unspecified atom stereocenters. The molecule has 5 heteroatoms. The number of hydrogen-bond donors (Lipinski definition) is 1. The molecule has 1 heterocycles. The van der Waals surface area contributed by atoms with Crippen LogP contribution in [0.1, 0.15) is 74.3 Å². The third-order valence-corrected chi connectivity index (χ3v) is 5.11. The topological polar surface area (TPSA) is 68.5 Å². The van der Waals surface area contributed by atoms with Gasteiger partial charge in [-0.05, 0) is 31.0 Å². The Morgan fingerprint density at radius 3 is 2.37 bits per heavy atom. The van der Waals surface area contributed by atoms with Crippen molar-refractivity contribution < 1.29 is 19.4 Å². The molecular formula is C22H31NO4. The summed E-state index contributed by atoms with van der Waals surface area (Å²) in [5.41, 5.74) is 2.09. The summed E-state index contributed by atoms with van der Waals surface area (Å²) in [6, 6.07) is 5.50. The van der Waals surface area contributed by atoms with Crippen LogP contribution in [-0.2, 0) is 11.2 Å². The Hall–Kier alpha value is -2.30. The standard InChI is InChI=1S/C22H31NO4/c1-4-5-6-7-8-9-10-14-20(24)23-16(2)17(15-21(25)26)22-18(23)12-11-13-19(22)27-3/h11-13H,4-10,14-15H2,1-3H3,(H,25,26). The van der Waals surface area contributed by atoms with E-state index >= 15 is 0 Å². The number of hydrogen-bond acceptors (Lipinski definition) is 3. The van der Waals surface area contributed by atoms with Crippen LogP contribution in [0.3, 0.4) is 0 Å². The first-order valence-electron chi connectivity index (χ1n) is 9.93. The molecule has 2 aromatic rings. The van der Waals surface area contributed by atoms with Crippen LogP contribution in [0, 0.1) is 6.92 Å². The molecule has 5 nitrogen and oxygen atoms in total. The summed E-state index contributed by atoms with van der Waals surface area (Å²) < 4.78 is 7.10. The van der Waals surface area contributed by atoms with Crippen molar-refractivity contribution >= 4 is 22.8 Å². The number of rotatable bonds is 11. The number of aliphatic carboxylic acids is 1. The number of carbonyl (C=O) groups excluding carboxylic acids is 1. The van der Waals surface area contributed by atoms with Crippen LogP contribution >= 0.6 is 0 Å². The molecule has 0 amide bonds. The molecule has 0 aliphatic carbocycles. The smallest absolute Gasteiger partial charge is 0.307 e. The summed E-state index contributed by atoms with van der Waals surface area (Å²) in [4.78, 5) is 24.2. The van der Waals surface area contributed by atoms with Gasteiger partial charge in [-0.15, -0.1) is 0 Å². The fourth-order valence-electron chi connectivity index (χ4n) is 3.71. The van der Waals surface area contributed by atoms with Crippen LogP contribution in [0.2, 0.25) is 0 Å². The van der Waals surface area contributed by atoms with Crippen LogP contribution in [0.25, 0.3) is 10.9 Å². The molecule has 0 atom stereocenters. The van der Waals surface area contributed by atoms with Crippen molar-refractivity contribution in [3.05, 3.63) is 29.5 Å². The molecule has 0 bridgehead atoms. The molecule has 0 spiro atoms. The first-order valence-corrected chi connectivity index (χ1v) is 9.93. The van der Waals surface area contributed by atoms with Gasteiger partial charge in [-0.1, -0.05) is 51.5 Å². The first kappa shape index (κ1) is 21.0. The molecule has 2 rings (SSSR count). The van der Waals surface area contributed by atoms with E-state index in [-0.39, 0.29) is 12.3 Å². The Bertz CT molecular complexity index is 791. The van der Waals surface area contributed by atoms with E-state index in [1.807, 2.05) is 19.1 Å². The maximum Gasteiger partial charge on any atom is 0.307 e. The van der Waals surface area contributed by atoms with E-state index < -0.39 is 5.97 Å². The molecule has 0 aliphatic rings. The van der Waals surface area contributed by atoms with E-state index in [4.69, 9.17) is 4.74 Å². The highest BCUT2D eigenvalue weighted by molar-refractivity contribution is 6.00. The van der Waals surface area contributed by atoms with Gasteiger partial charge in [0.15, 0.2) is 0 Å². The van der Waals surface area contributed by atoms with Crippen LogP contribution in [0.4, 0.5) is 0 Å². The lowest BCUT2D eigenvalue weighted by molar-refractivity contribution is -0.136. The maximum atomic E-state index is 12.9. The van der Waals surface area contributed by atoms with Gasteiger partial charge in [0, 0.05) is 17.5 Å². The Morgan fingerprint density at radius 2 is 1.74 bits per heavy atom. The number of aromatic nitrogens is 1. The highest BCUT2D eigenvalue weighted by Gasteiger charge is 2.22. The number of carboxylic acids is 1. The van der Waals surface area contributed by atoms with Gasteiger partial charge in [0.2, 0.25) is 5.91 Å². The second kappa shape index (κ2) is 10.1. The monoisotopic (exact) mass is 373 g/mol. The predicted molar refractivity (Wildman–Crippen MR) is 108 cm³/mol. The summed E-state index contributed by atoms with van der Waals surface area (Å²) in [5.74, 6) is -0.284. The molecule has 0 saturated heterocycles. The zero-order valence-corrected chi connectivity index (χ0v) is 16.7. The molecule has 1 N–H and O–H groups in total. The van der Waals surface area contributed by atoms with E-state index in [0.717, 1.165) is 30.2 Å². The van der Waals surface area contributed by atoms with E-state index in [9.17, 15) is 14.7 Å². The van der Waals surface area contributed by atoms with Crippen molar-refractivity contribution in [2.75, 3.05) is 7.11 Å². The average Bonchev–Trinajstić information content (AvgIpc) is 2.92. The third-order valence-electron chi connectivity index (χ3n) is 5.11. The van der Waals surface area contributed by atoms with Crippen molar-refractivity contribution in [2.24, 2.45) is 0 Å². The minimum Gasteiger partial charge on any atom is -0.496 e. The third kappa shape index (κ3) is 5.12. The van der Waals surface area contributed by atoms with Crippen LogP contribution in [-0.4, -0.2) is 28.7 Å². The second-order valence-corrected chi connectivity index (χ2v) is 7.09. The molecule has 0 fully saturated rings. The molecule has 0 saturated carbocycles. The number of fused-ring (bicyclic) bond motifs is 1. The lowest BCUT2D eigenvalue weighted by atomic mass is 10.1. The van der Waals surface area contributed by atoms with E-state index in [2.05, 4.69) is 6.92 Å². The first-order chi connectivity index (χ1) is 13.0. The van der Waals surface area contributed by atoms with Crippen molar-refractivity contribution in [1.82, 2.24) is 4.57 Å². The van der Waals surface area contributed by atoms with E-state index in [0.29, 0.717) is 23.4 Å². The highest BCUT2D eigenvalue weighted by Crippen LogP contribution is 2.34. The van der Waals surface area contributed by atoms with Crippen molar-refractivity contribution in [3.8, 4) is 5.75 Å². The quantitative estimate of drug-likeness (QED) is 0.538. The van der Waals surface area contributed by atoms with Gasteiger partial charge in [0.25, 0.3) is 0 Å². The number of unbranched alkanes of at least 4 members (excludes halogenated alkanes) is 6. The van der Waals surface area contributed by atoms with Crippen LogP contribution in [0.15, 0.2) is 18.2 Å². The number of benzene rings is 1. The Kier molecular flexibility index (Phi) is 7.89. The van der Waals surface area contributed by atoms with Gasteiger partial charge in [-0.2, -0.15) is 0 Å². The predicted octanol–water partition coefficient (Wildman–Crippen LogP) is 5.37. The Balaban J connectivity index is 2.18. The zero-order chi connectivity index (χ0) is 19.8. The summed E-state index contributed by atoms with van der Waals surface area (Å²) in [6.07, 6.45) is 8.44. The summed E-state index contributed by atoms with van der Waals surface area (Å²) in [5, 5.41) is 10.0. The Morgan fingerprint density at radius 1 is 1.07 bits per heavy atom. The molecule has 1 aromatic heterocycles. The normalized spacial score (nSPS) is 11.1. The number of methoxy groups -OCH3 is 1. The number of ether oxygens (including phenoxy) is 1. The van der Waals surface area contributed by atoms with E-state index in [1.54, 1.807) is 17.7 Å². The van der Waals surface area contributed by atoms with Gasteiger partial charge in [0.05, 0.1) is 19.0 Å². The van der Waals surface area contributed by atoms with Gasteiger partial charge in [-0.25, -0.2) is 0 Å². The number of carboxylic acid groups (broad SMARTS) is 1. The van der Waals surface area contributed by atoms with Crippen LogP contribution < -0.4 is 4.74 Å².